The molecule has 0 saturated carbocycles. The van der Waals surface area contributed by atoms with Crippen LogP contribution in [-0.4, -0.2) is 46.3 Å². The van der Waals surface area contributed by atoms with E-state index in [1.807, 2.05) is 13.8 Å². The summed E-state index contributed by atoms with van der Waals surface area (Å²) < 4.78 is 0. The third-order valence-corrected chi connectivity index (χ3v) is 3.12. The van der Waals surface area contributed by atoms with E-state index in [2.05, 4.69) is 4.98 Å². The van der Waals surface area contributed by atoms with Gasteiger partial charge in [-0.1, -0.05) is 6.92 Å². The normalized spacial score (nSPS) is 10.3. The van der Waals surface area contributed by atoms with Crippen molar-refractivity contribution in [3.05, 3.63) is 23.9 Å². The monoisotopic (exact) mass is 254 g/mol. The highest BCUT2D eigenvalue weighted by Gasteiger charge is 2.13. The van der Waals surface area contributed by atoms with E-state index >= 15 is 0 Å². The second kappa shape index (κ2) is 7.29. The first kappa shape index (κ1) is 14.0. The minimum atomic E-state index is -0.0538. The van der Waals surface area contributed by atoms with Gasteiger partial charge in [-0.15, -0.1) is 11.8 Å². The van der Waals surface area contributed by atoms with Crippen molar-refractivity contribution < 1.29 is 9.90 Å². The zero-order valence-electron chi connectivity index (χ0n) is 10.2. The van der Waals surface area contributed by atoms with Crippen LogP contribution in [0.2, 0.25) is 0 Å². The van der Waals surface area contributed by atoms with Crippen molar-refractivity contribution >= 4 is 17.7 Å². The number of nitrogens with zero attached hydrogens (tertiary/aromatic N) is 2. The SMILES string of the molecule is CCSc1cc(C(=O)N(CC)CCO)ccn1. The van der Waals surface area contributed by atoms with E-state index in [-0.39, 0.29) is 12.5 Å². The summed E-state index contributed by atoms with van der Waals surface area (Å²) in [6.45, 7) is 4.90. The highest BCUT2D eigenvalue weighted by atomic mass is 32.2. The molecule has 0 atom stereocenters. The summed E-state index contributed by atoms with van der Waals surface area (Å²) in [6, 6.07) is 3.51. The van der Waals surface area contributed by atoms with Crippen molar-refractivity contribution in [3.63, 3.8) is 0 Å². The van der Waals surface area contributed by atoms with E-state index in [1.165, 1.54) is 0 Å². The van der Waals surface area contributed by atoms with Gasteiger partial charge in [-0.25, -0.2) is 4.98 Å². The molecule has 0 spiro atoms. The molecule has 0 saturated heterocycles. The van der Waals surface area contributed by atoms with Crippen LogP contribution in [0.3, 0.4) is 0 Å². The van der Waals surface area contributed by atoms with E-state index in [1.54, 1.807) is 35.0 Å². The number of rotatable bonds is 6. The highest BCUT2D eigenvalue weighted by Crippen LogP contribution is 2.16. The quantitative estimate of drug-likeness (QED) is 0.784. The van der Waals surface area contributed by atoms with Gasteiger partial charge >= 0.3 is 0 Å². The predicted molar refractivity (Wildman–Crippen MR) is 69.3 cm³/mol. The Morgan fingerprint density at radius 2 is 2.29 bits per heavy atom. The molecule has 0 fully saturated rings. The Labute approximate surface area is 106 Å². The number of hydrogen-bond acceptors (Lipinski definition) is 4. The number of thioether (sulfide) groups is 1. The molecule has 0 aromatic carbocycles. The molecule has 1 N–H and O–H groups in total. The third-order valence-electron chi connectivity index (χ3n) is 2.31. The molecule has 17 heavy (non-hydrogen) atoms. The summed E-state index contributed by atoms with van der Waals surface area (Å²) in [4.78, 5) is 17.9. The fraction of sp³-hybridized carbons (Fsp3) is 0.500. The predicted octanol–water partition coefficient (Wildman–Crippen LogP) is 1.65. The van der Waals surface area contributed by atoms with Gasteiger partial charge in [0.05, 0.1) is 11.6 Å². The second-order valence-corrected chi connectivity index (χ2v) is 4.71. The molecule has 1 heterocycles. The molecule has 0 unspecified atom stereocenters. The lowest BCUT2D eigenvalue weighted by Gasteiger charge is -2.19. The maximum atomic E-state index is 12.1. The molecule has 5 heteroatoms. The van der Waals surface area contributed by atoms with E-state index in [4.69, 9.17) is 5.11 Å². The fourth-order valence-corrected chi connectivity index (χ4v) is 2.12. The van der Waals surface area contributed by atoms with Crippen LogP contribution in [0.4, 0.5) is 0 Å². The van der Waals surface area contributed by atoms with Crippen LogP contribution >= 0.6 is 11.8 Å². The van der Waals surface area contributed by atoms with Gasteiger partial charge in [0, 0.05) is 24.8 Å². The Balaban J connectivity index is 2.83. The Morgan fingerprint density at radius 1 is 1.53 bits per heavy atom. The molecule has 0 radical (unpaired) electrons. The molecule has 0 aliphatic carbocycles. The number of likely N-dealkylation sites (N-methyl/N-ethyl adjacent to an activating group) is 1. The van der Waals surface area contributed by atoms with Crippen LogP contribution in [-0.2, 0) is 0 Å². The van der Waals surface area contributed by atoms with E-state index in [9.17, 15) is 4.79 Å². The zero-order chi connectivity index (χ0) is 12.7. The first-order chi connectivity index (χ1) is 8.22. The average molecular weight is 254 g/mol. The molecule has 1 amide bonds. The minimum Gasteiger partial charge on any atom is -0.395 e. The molecule has 1 aromatic rings. The van der Waals surface area contributed by atoms with Crippen LogP contribution in [0.15, 0.2) is 23.4 Å². The number of aliphatic hydroxyl groups is 1. The second-order valence-electron chi connectivity index (χ2n) is 3.42. The van der Waals surface area contributed by atoms with Crippen LogP contribution in [0.1, 0.15) is 24.2 Å². The molecule has 1 aromatic heterocycles. The molecule has 4 nitrogen and oxygen atoms in total. The van der Waals surface area contributed by atoms with Gasteiger partial charge in [0.1, 0.15) is 0 Å². The molecular weight excluding hydrogens is 236 g/mol. The Morgan fingerprint density at radius 3 is 2.88 bits per heavy atom. The Bertz CT molecular complexity index is 371. The maximum Gasteiger partial charge on any atom is 0.254 e. The summed E-state index contributed by atoms with van der Waals surface area (Å²) in [6.07, 6.45) is 1.65. The number of amides is 1. The van der Waals surface area contributed by atoms with Gasteiger partial charge < -0.3 is 10.0 Å². The topological polar surface area (TPSA) is 53.4 Å². The van der Waals surface area contributed by atoms with Crippen molar-refractivity contribution in [2.45, 2.75) is 18.9 Å². The van der Waals surface area contributed by atoms with Crippen LogP contribution < -0.4 is 0 Å². The standard InChI is InChI=1S/C12H18N2O2S/c1-3-14(7-8-15)12(16)10-5-6-13-11(9-10)17-4-2/h5-6,9,15H,3-4,7-8H2,1-2H3. The smallest absolute Gasteiger partial charge is 0.254 e. The van der Waals surface area contributed by atoms with Crippen LogP contribution in [0, 0.1) is 0 Å². The number of hydrogen-bond donors (Lipinski definition) is 1. The minimum absolute atomic E-state index is 0.0127. The molecule has 1 rings (SSSR count). The van der Waals surface area contributed by atoms with E-state index < -0.39 is 0 Å². The number of carbonyl (C=O) groups is 1. The van der Waals surface area contributed by atoms with Crippen molar-refractivity contribution in [3.8, 4) is 0 Å². The lowest BCUT2D eigenvalue weighted by molar-refractivity contribution is 0.0731. The Hall–Kier alpha value is -1.07. The molecule has 0 aliphatic rings. The first-order valence-electron chi connectivity index (χ1n) is 5.71. The van der Waals surface area contributed by atoms with Gasteiger partial charge in [-0.05, 0) is 24.8 Å². The Kier molecular flexibility index (Phi) is 6.00. The van der Waals surface area contributed by atoms with Crippen molar-refractivity contribution in [1.82, 2.24) is 9.88 Å². The summed E-state index contributed by atoms with van der Waals surface area (Å²) in [5.74, 6) is 0.876. The van der Waals surface area contributed by atoms with Gasteiger partial charge in [0.15, 0.2) is 0 Å². The third kappa shape index (κ3) is 4.02. The van der Waals surface area contributed by atoms with Crippen molar-refractivity contribution in [2.24, 2.45) is 0 Å². The molecule has 0 bridgehead atoms. The van der Waals surface area contributed by atoms with Gasteiger partial charge in [-0.3, -0.25) is 4.79 Å². The van der Waals surface area contributed by atoms with Crippen molar-refractivity contribution in [2.75, 3.05) is 25.4 Å². The molecule has 0 aliphatic heterocycles. The number of aliphatic hydroxyl groups excluding tert-OH is 1. The lowest BCUT2D eigenvalue weighted by atomic mass is 10.2. The zero-order valence-corrected chi connectivity index (χ0v) is 11.0. The van der Waals surface area contributed by atoms with E-state index in [0.29, 0.717) is 18.7 Å². The van der Waals surface area contributed by atoms with Crippen LogP contribution in [0.25, 0.3) is 0 Å². The van der Waals surface area contributed by atoms with E-state index in [0.717, 1.165) is 10.8 Å². The molecule has 94 valence electrons. The summed E-state index contributed by atoms with van der Waals surface area (Å²) in [7, 11) is 0. The van der Waals surface area contributed by atoms with Gasteiger partial charge in [-0.2, -0.15) is 0 Å². The van der Waals surface area contributed by atoms with Gasteiger partial charge in [0.25, 0.3) is 5.91 Å². The maximum absolute atomic E-state index is 12.1. The molecular formula is C12H18N2O2S. The number of carbonyl (C=O) groups excluding carboxylic acids is 1. The summed E-state index contributed by atoms with van der Waals surface area (Å²) >= 11 is 1.61. The summed E-state index contributed by atoms with van der Waals surface area (Å²) in [5.41, 5.74) is 0.631. The summed E-state index contributed by atoms with van der Waals surface area (Å²) in [5, 5.41) is 9.75. The van der Waals surface area contributed by atoms with Crippen LogP contribution in [0.5, 0.6) is 0 Å². The largest absolute Gasteiger partial charge is 0.395 e. The lowest BCUT2D eigenvalue weighted by Crippen LogP contribution is -2.33. The fourth-order valence-electron chi connectivity index (χ4n) is 1.48. The highest BCUT2D eigenvalue weighted by molar-refractivity contribution is 7.99. The first-order valence-corrected chi connectivity index (χ1v) is 6.70. The average Bonchev–Trinajstić information content (AvgIpc) is 2.36. The van der Waals surface area contributed by atoms with Crippen molar-refractivity contribution in [1.29, 1.82) is 0 Å². The number of aromatic nitrogens is 1. The van der Waals surface area contributed by atoms with Gasteiger partial charge in [0.2, 0.25) is 0 Å². The number of pyridine rings is 1.